The van der Waals surface area contributed by atoms with Gasteiger partial charge in [-0.2, -0.15) is 5.26 Å². The van der Waals surface area contributed by atoms with Crippen molar-refractivity contribution in [1.82, 2.24) is 18.3 Å². The molecule has 0 saturated heterocycles. The second-order valence-corrected chi connectivity index (χ2v) is 17.5. The van der Waals surface area contributed by atoms with E-state index in [2.05, 4.69) is 225 Å². The number of hydrogen-bond acceptors (Lipinski definition) is 2. The fourth-order valence-electron chi connectivity index (χ4n) is 11.6. The zero-order valence-corrected chi connectivity index (χ0v) is 35.9. The second-order valence-electron chi connectivity index (χ2n) is 17.5. The normalized spacial score (nSPS) is 12.2. The maximum atomic E-state index is 12.5. The summed E-state index contributed by atoms with van der Waals surface area (Å²) in [4.78, 5) is 0. The summed E-state index contributed by atoms with van der Waals surface area (Å²) in [6.07, 6.45) is 0. The molecule has 0 spiro atoms. The summed E-state index contributed by atoms with van der Waals surface area (Å²) in [5.74, 6) is 0. The quantitative estimate of drug-likeness (QED) is 0.177. The Hall–Kier alpha value is -9.31. The van der Waals surface area contributed by atoms with Crippen LogP contribution in [0.4, 0.5) is 0 Å². The molecule has 0 aliphatic carbocycles. The fraction of sp³-hybridized carbons (Fsp3) is 0. The molecule has 0 aliphatic heterocycles. The molecule has 0 fully saturated rings. The number of nitrogens with zero attached hydrogens (tertiary/aromatic N) is 5. The van der Waals surface area contributed by atoms with Gasteiger partial charge in [-0.25, -0.2) is 0 Å². The maximum absolute atomic E-state index is 12.5. The van der Waals surface area contributed by atoms with Crippen molar-refractivity contribution in [2.24, 2.45) is 0 Å². The fourth-order valence-corrected chi connectivity index (χ4v) is 11.6. The summed E-state index contributed by atoms with van der Waals surface area (Å²) in [7, 11) is 0. The minimum Gasteiger partial charge on any atom is -0.456 e. The summed E-state index contributed by atoms with van der Waals surface area (Å²) in [6, 6.07) is 78.3. The van der Waals surface area contributed by atoms with Crippen molar-refractivity contribution in [2.75, 3.05) is 0 Å². The third-order valence-electron chi connectivity index (χ3n) is 14.2. The van der Waals surface area contributed by atoms with Crippen molar-refractivity contribution in [3.63, 3.8) is 0 Å². The maximum Gasteiger partial charge on any atom is 0.137 e. The molecular weight excluding hydrogens is 819 g/mol. The van der Waals surface area contributed by atoms with Gasteiger partial charge in [-0.1, -0.05) is 146 Å². The summed E-state index contributed by atoms with van der Waals surface area (Å²) in [5.41, 5.74) is 13.7. The standard InChI is InChI=1S/C61H35N5O/c62-36-46-59(64-49-27-11-3-19-39(49)40-20-4-12-28-50(40)64)54(63-47-25-9-1-17-37(47)38-18-2-10-26-48(38)63)35-55(60(46)65-51-29-13-5-21-41(51)42-22-6-14-30-52(42)65)66-53-31-15-7-23-43(53)44-33-34-57-58(61(44)66)45-24-8-16-32-56(45)67-57/h1-35H. The van der Waals surface area contributed by atoms with Crippen LogP contribution in [0.15, 0.2) is 217 Å². The van der Waals surface area contributed by atoms with Crippen molar-refractivity contribution < 1.29 is 4.42 Å². The summed E-state index contributed by atoms with van der Waals surface area (Å²) in [6.45, 7) is 0. The molecule has 15 aromatic rings. The van der Waals surface area contributed by atoms with E-state index >= 15 is 0 Å². The monoisotopic (exact) mass is 853 g/mol. The third-order valence-corrected chi connectivity index (χ3v) is 14.2. The molecule has 0 aliphatic rings. The Balaban J connectivity index is 1.26. The van der Waals surface area contributed by atoms with Crippen LogP contribution in [0.5, 0.6) is 0 Å². The lowest BCUT2D eigenvalue weighted by atomic mass is 10.0. The first-order valence-corrected chi connectivity index (χ1v) is 22.7. The van der Waals surface area contributed by atoms with Gasteiger partial charge in [0.1, 0.15) is 22.8 Å². The molecule has 0 amide bonds. The van der Waals surface area contributed by atoms with Crippen molar-refractivity contribution in [1.29, 1.82) is 5.26 Å². The van der Waals surface area contributed by atoms with E-state index in [0.717, 1.165) is 132 Å². The highest BCUT2D eigenvalue weighted by Gasteiger charge is 2.31. The second kappa shape index (κ2) is 13.4. The van der Waals surface area contributed by atoms with E-state index < -0.39 is 0 Å². The molecule has 6 heteroatoms. The summed E-state index contributed by atoms with van der Waals surface area (Å²) < 4.78 is 16.2. The van der Waals surface area contributed by atoms with Gasteiger partial charge in [0.25, 0.3) is 0 Å². The Labute approximate surface area is 382 Å². The molecule has 310 valence electrons. The zero-order chi connectivity index (χ0) is 43.9. The topological polar surface area (TPSA) is 56.6 Å². The Morgan fingerprint density at radius 1 is 0.313 bits per heavy atom. The van der Waals surface area contributed by atoms with Gasteiger partial charge in [-0.05, 0) is 66.7 Å². The molecular formula is C61H35N5O. The van der Waals surface area contributed by atoms with Crippen LogP contribution in [0, 0.1) is 11.3 Å². The number of furan rings is 1. The van der Waals surface area contributed by atoms with Crippen molar-refractivity contribution in [3.05, 3.63) is 218 Å². The van der Waals surface area contributed by atoms with Gasteiger partial charge < -0.3 is 22.7 Å². The third kappa shape index (κ3) is 4.71. The highest BCUT2D eigenvalue weighted by molar-refractivity contribution is 6.25. The van der Waals surface area contributed by atoms with Crippen molar-refractivity contribution in [3.8, 4) is 28.8 Å². The first-order chi connectivity index (χ1) is 33.3. The Kier molecular flexibility index (Phi) is 7.20. The van der Waals surface area contributed by atoms with Crippen LogP contribution in [0.25, 0.3) is 132 Å². The van der Waals surface area contributed by atoms with Crippen LogP contribution in [-0.4, -0.2) is 18.3 Å². The number of rotatable bonds is 4. The molecule has 10 aromatic carbocycles. The number of hydrogen-bond donors (Lipinski definition) is 0. The van der Waals surface area contributed by atoms with Crippen LogP contribution < -0.4 is 0 Å². The lowest BCUT2D eigenvalue weighted by Gasteiger charge is -2.25. The molecule has 0 saturated carbocycles. The largest absolute Gasteiger partial charge is 0.456 e. The number of para-hydroxylation sites is 8. The van der Waals surface area contributed by atoms with Gasteiger partial charge in [0.2, 0.25) is 0 Å². The summed E-state index contributed by atoms with van der Waals surface area (Å²) >= 11 is 0. The molecule has 67 heavy (non-hydrogen) atoms. The molecule has 0 N–H and O–H groups in total. The molecule has 15 rings (SSSR count). The average molecular weight is 854 g/mol. The van der Waals surface area contributed by atoms with Crippen molar-refractivity contribution >= 4 is 109 Å². The first kappa shape index (κ1) is 36.1. The van der Waals surface area contributed by atoms with E-state index in [9.17, 15) is 5.26 Å². The molecule has 0 unspecified atom stereocenters. The van der Waals surface area contributed by atoms with E-state index in [4.69, 9.17) is 4.42 Å². The highest BCUT2D eigenvalue weighted by atomic mass is 16.3. The lowest BCUT2D eigenvalue weighted by Crippen LogP contribution is -2.13. The van der Waals surface area contributed by atoms with Gasteiger partial charge >= 0.3 is 0 Å². The first-order valence-electron chi connectivity index (χ1n) is 22.7. The Bertz CT molecular complexity index is 4500. The zero-order valence-electron chi connectivity index (χ0n) is 35.9. The smallest absolute Gasteiger partial charge is 0.137 e. The lowest BCUT2D eigenvalue weighted by molar-refractivity contribution is 0.669. The predicted octanol–water partition coefficient (Wildman–Crippen LogP) is 15.8. The molecule has 0 radical (unpaired) electrons. The SMILES string of the molecule is N#Cc1c(-n2c3ccccc3c3ccccc32)c(-n2c3ccccc3c3ccccc32)cc(-n2c3ccccc3c3ccc4oc5ccccc5c4c32)c1-n1c2ccccc2c2ccccc21. The molecule has 0 atom stereocenters. The van der Waals surface area contributed by atoms with Crippen LogP contribution in [0.2, 0.25) is 0 Å². The van der Waals surface area contributed by atoms with Gasteiger partial charge in [-0.3, -0.25) is 0 Å². The highest BCUT2D eigenvalue weighted by Crippen LogP contribution is 2.48. The number of benzene rings is 10. The number of nitriles is 1. The van der Waals surface area contributed by atoms with Gasteiger partial charge in [0.15, 0.2) is 0 Å². The molecule has 0 bridgehead atoms. The minimum absolute atomic E-state index is 0.544. The van der Waals surface area contributed by atoms with Gasteiger partial charge in [-0.15, -0.1) is 0 Å². The van der Waals surface area contributed by atoms with Crippen LogP contribution in [-0.2, 0) is 0 Å². The average Bonchev–Trinajstić information content (AvgIpc) is 4.19. The van der Waals surface area contributed by atoms with Crippen LogP contribution >= 0.6 is 0 Å². The van der Waals surface area contributed by atoms with Crippen LogP contribution in [0.3, 0.4) is 0 Å². The summed E-state index contributed by atoms with van der Waals surface area (Å²) in [5, 5.41) is 23.5. The predicted molar refractivity (Wildman–Crippen MR) is 276 cm³/mol. The molecule has 6 nitrogen and oxygen atoms in total. The molecule has 5 heterocycles. The van der Waals surface area contributed by atoms with E-state index in [1.807, 2.05) is 12.1 Å². The Morgan fingerprint density at radius 3 is 1.09 bits per heavy atom. The van der Waals surface area contributed by atoms with E-state index in [1.165, 1.54) is 0 Å². The van der Waals surface area contributed by atoms with E-state index in [-0.39, 0.29) is 0 Å². The van der Waals surface area contributed by atoms with Crippen molar-refractivity contribution in [2.45, 2.75) is 0 Å². The number of fused-ring (bicyclic) bond motifs is 16. The molecule has 5 aromatic heterocycles. The van der Waals surface area contributed by atoms with Gasteiger partial charge in [0, 0.05) is 48.5 Å². The minimum atomic E-state index is 0.544. The van der Waals surface area contributed by atoms with Gasteiger partial charge in [0.05, 0.1) is 72.3 Å². The van der Waals surface area contributed by atoms with E-state index in [1.54, 1.807) is 0 Å². The number of aromatic nitrogens is 4. The Morgan fingerprint density at radius 2 is 0.657 bits per heavy atom. The van der Waals surface area contributed by atoms with E-state index in [0.29, 0.717) is 5.56 Å². The van der Waals surface area contributed by atoms with Crippen LogP contribution in [0.1, 0.15) is 5.56 Å².